The topological polar surface area (TPSA) is 115 Å². The Morgan fingerprint density at radius 3 is 2.64 bits per heavy atom. The summed E-state index contributed by atoms with van der Waals surface area (Å²) in [5, 5.41) is 10.2. The standard InChI is InChI=1S/C25H28ClFN6O3/c1-15-22(23(28)34)24(33(31-15)17-6-4-3-5-7-17)30-25(35)29-21-14-32(10-11-36-2)13-18(21)16-8-9-20(27)19(26)12-16/h3-9,12,18,21H,10-11,13-14H2,1-2H3,(H2,28,34)(H2,29,30,35)/t18-,21+/m0/s1. The number of methoxy groups -OCH3 is 1. The zero-order valence-electron chi connectivity index (χ0n) is 20.0. The molecule has 3 aromatic rings. The van der Waals surface area contributed by atoms with E-state index >= 15 is 0 Å². The number of rotatable bonds is 8. The molecule has 0 bridgehead atoms. The number of nitrogens with zero attached hydrogens (tertiary/aromatic N) is 3. The van der Waals surface area contributed by atoms with Crippen molar-refractivity contribution in [1.82, 2.24) is 20.0 Å². The van der Waals surface area contributed by atoms with Crippen LogP contribution in [0, 0.1) is 12.7 Å². The molecule has 4 N–H and O–H groups in total. The molecule has 1 aliphatic rings. The van der Waals surface area contributed by atoms with Gasteiger partial charge in [-0.15, -0.1) is 0 Å². The van der Waals surface area contributed by atoms with E-state index < -0.39 is 17.8 Å². The summed E-state index contributed by atoms with van der Waals surface area (Å²) >= 11 is 6.04. The van der Waals surface area contributed by atoms with E-state index in [0.29, 0.717) is 37.6 Å². The number of hydrogen-bond donors (Lipinski definition) is 3. The lowest BCUT2D eigenvalue weighted by molar-refractivity contribution is 0.100. The van der Waals surface area contributed by atoms with Gasteiger partial charge in [0.05, 0.1) is 29.1 Å². The number of carbonyl (C=O) groups is 2. The van der Waals surface area contributed by atoms with Crippen LogP contribution in [0.25, 0.3) is 5.69 Å². The van der Waals surface area contributed by atoms with Gasteiger partial charge in [0.25, 0.3) is 5.91 Å². The third kappa shape index (κ3) is 5.51. The van der Waals surface area contributed by atoms with Crippen LogP contribution in [0.3, 0.4) is 0 Å². The molecule has 36 heavy (non-hydrogen) atoms. The van der Waals surface area contributed by atoms with Crippen molar-refractivity contribution in [3.8, 4) is 5.69 Å². The fourth-order valence-electron chi connectivity index (χ4n) is 4.52. The van der Waals surface area contributed by atoms with Crippen molar-refractivity contribution in [3.05, 3.63) is 76.2 Å². The fourth-order valence-corrected chi connectivity index (χ4v) is 4.71. The van der Waals surface area contributed by atoms with Gasteiger partial charge in [-0.3, -0.25) is 15.0 Å². The Morgan fingerprint density at radius 2 is 1.97 bits per heavy atom. The lowest BCUT2D eigenvalue weighted by atomic mass is 9.94. The molecule has 2 aromatic carbocycles. The van der Waals surface area contributed by atoms with Gasteiger partial charge in [-0.05, 0) is 36.8 Å². The lowest BCUT2D eigenvalue weighted by Gasteiger charge is -2.21. The summed E-state index contributed by atoms with van der Waals surface area (Å²) < 4.78 is 20.5. The summed E-state index contributed by atoms with van der Waals surface area (Å²) in [6.07, 6.45) is 0. The molecule has 0 radical (unpaired) electrons. The fraction of sp³-hybridized carbons (Fsp3) is 0.320. The van der Waals surface area contributed by atoms with Gasteiger partial charge in [0.2, 0.25) is 0 Å². The highest BCUT2D eigenvalue weighted by Crippen LogP contribution is 2.31. The molecule has 2 atom stereocenters. The van der Waals surface area contributed by atoms with Crippen LogP contribution in [0.4, 0.5) is 15.0 Å². The van der Waals surface area contributed by atoms with Gasteiger partial charge >= 0.3 is 6.03 Å². The predicted octanol–water partition coefficient (Wildman–Crippen LogP) is 3.31. The average molecular weight is 515 g/mol. The molecular formula is C25H28ClFN6O3. The van der Waals surface area contributed by atoms with E-state index in [2.05, 4.69) is 20.6 Å². The zero-order chi connectivity index (χ0) is 25.8. The van der Waals surface area contributed by atoms with Crippen molar-refractivity contribution in [3.63, 3.8) is 0 Å². The van der Waals surface area contributed by atoms with Crippen molar-refractivity contribution in [2.24, 2.45) is 5.73 Å². The normalized spacial score (nSPS) is 17.8. The monoisotopic (exact) mass is 514 g/mol. The number of likely N-dealkylation sites (tertiary alicyclic amines) is 1. The number of nitrogens with two attached hydrogens (primary N) is 1. The first kappa shape index (κ1) is 25.6. The SMILES string of the molecule is COCCN1C[C@@H](NC(=O)Nc2c(C(N)=O)c(C)nn2-c2ccccc2)[C@H](c2ccc(F)c(Cl)c2)C1. The second-order valence-corrected chi connectivity index (χ2v) is 9.07. The van der Waals surface area contributed by atoms with E-state index in [9.17, 15) is 14.0 Å². The summed E-state index contributed by atoms with van der Waals surface area (Å²) in [6.45, 7) is 4.04. The van der Waals surface area contributed by atoms with Gasteiger partial charge < -0.3 is 15.8 Å². The quantitative estimate of drug-likeness (QED) is 0.426. The number of anilines is 1. The van der Waals surface area contributed by atoms with Crippen molar-refractivity contribution < 1.29 is 18.7 Å². The summed E-state index contributed by atoms with van der Waals surface area (Å²) in [4.78, 5) is 27.6. The zero-order valence-corrected chi connectivity index (χ0v) is 20.8. The molecule has 11 heteroatoms. The Bertz CT molecular complexity index is 1250. The minimum Gasteiger partial charge on any atom is -0.383 e. The third-order valence-electron chi connectivity index (χ3n) is 6.23. The number of urea groups is 1. The maximum Gasteiger partial charge on any atom is 0.320 e. The lowest BCUT2D eigenvalue weighted by Crippen LogP contribution is -2.42. The highest BCUT2D eigenvalue weighted by molar-refractivity contribution is 6.30. The van der Waals surface area contributed by atoms with E-state index in [1.54, 1.807) is 38.3 Å². The number of amides is 3. The van der Waals surface area contributed by atoms with Crippen LogP contribution in [0.15, 0.2) is 48.5 Å². The minimum atomic E-state index is -0.699. The molecule has 1 saturated heterocycles. The maximum absolute atomic E-state index is 13.8. The van der Waals surface area contributed by atoms with Gasteiger partial charge in [0, 0.05) is 32.7 Å². The number of carbonyl (C=O) groups excluding carboxylic acids is 2. The highest BCUT2D eigenvalue weighted by atomic mass is 35.5. The molecule has 4 rings (SSSR count). The number of hydrogen-bond acceptors (Lipinski definition) is 5. The van der Waals surface area contributed by atoms with Crippen LogP contribution in [-0.2, 0) is 4.74 Å². The maximum atomic E-state index is 13.8. The third-order valence-corrected chi connectivity index (χ3v) is 6.52. The first-order chi connectivity index (χ1) is 17.3. The van der Waals surface area contributed by atoms with E-state index in [0.717, 1.165) is 5.56 Å². The van der Waals surface area contributed by atoms with Crippen LogP contribution < -0.4 is 16.4 Å². The Morgan fingerprint density at radius 1 is 1.22 bits per heavy atom. The molecule has 0 aliphatic carbocycles. The molecule has 190 valence electrons. The number of ether oxygens (including phenoxy) is 1. The number of aryl methyl sites for hydroxylation is 1. The molecule has 1 aromatic heterocycles. The van der Waals surface area contributed by atoms with Crippen LogP contribution >= 0.6 is 11.6 Å². The van der Waals surface area contributed by atoms with Crippen LogP contribution in [0.2, 0.25) is 5.02 Å². The summed E-state index contributed by atoms with van der Waals surface area (Å²) in [5.41, 5.74) is 7.61. The van der Waals surface area contributed by atoms with Gasteiger partial charge in [0.15, 0.2) is 5.82 Å². The Kier molecular flexibility index (Phi) is 7.88. The van der Waals surface area contributed by atoms with Gasteiger partial charge in [-0.1, -0.05) is 35.9 Å². The summed E-state index contributed by atoms with van der Waals surface area (Å²) in [6, 6.07) is 12.9. The minimum absolute atomic E-state index is 0.0272. The summed E-state index contributed by atoms with van der Waals surface area (Å²) in [7, 11) is 1.63. The molecule has 0 saturated carbocycles. The number of nitrogens with one attached hydrogen (secondary N) is 2. The van der Waals surface area contributed by atoms with Gasteiger partial charge in [0.1, 0.15) is 11.4 Å². The van der Waals surface area contributed by atoms with Crippen molar-refractivity contribution in [2.45, 2.75) is 18.9 Å². The molecule has 1 fully saturated rings. The van der Waals surface area contributed by atoms with E-state index in [-0.39, 0.29) is 28.4 Å². The van der Waals surface area contributed by atoms with Crippen molar-refractivity contribution in [2.75, 3.05) is 38.7 Å². The van der Waals surface area contributed by atoms with Gasteiger partial charge in [-0.25, -0.2) is 13.9 Å². The Balaban J connectivity index is 1.59. The number of halogens is 2. The molecule has 0 spiro atoms. The second kappa shape index (κ2) is 11.1. The largest absolute Gasteiger partial charge is 0.383 e. The van der Waals surface area contributed by atoms with Crippen molar-refractivity contribution >= 4 is 29.4 Å². The van der Waals surface area contributed by atoms with Gasteiger partial charge in [-0.2, -0.15) is 5.10 Å². The van der Waals surface area contributed by atoms with Crippen molar-refractivity contribution in [1.29, 1.82) is 0 Å². The smallest absolute Gasteiger partial charge is 0.320 e. The Labute approximate surface area is 213 Å². The predicted molar refractivity (Wildman–Crippen MR) is 135 cm³/mol. The molecule has 3 amide bonds. The molecular weight excluding hydrogens is 487 g/mol. The Hall–Kier alpha value is -3.47. The van der Waals surface area contributed by atoms with Crippen LogP contribution in [-0.4, -0.2) is 66.0 Å². The first-order valence-corrected chi connectivity index (χ1v) is 11.8. The highest BCUT2D eigenvalue weighted by Gasteiger charge is 2.35. The summed E-state index contributed by atoms with van der Waals surface area (Å²) in [5.74, 6) is -1.16. The number of para-hydroxylation sites is 1. The van der Waals surface area contributed by atoms with E-state index in [1.165, 1.54) is 10.7 Å². The first-order valence-electron chi connectivity index (χ1n) is 11.5. The van der Waals surface area contributed by atoms with E-state index in [4.69, 9.17) is 22.1 Å². The van der Waals surface area contributed by atoms with E-state index in [1.807, 2.05) is 18.2 Å². The molecule has 1 aliphatic heterocycles. The molecule has 0 unspecified atom stereocenters. The van der Waals surface area contributed by atoms with Crippen LogP contribution in [0.1, 0.15) is 27.5 Å². The van der Waals surface area contributed by atoms with Crippen LogP contribution in [0.5, 0.6) is 0 Å². The second-order valence-electron chi connectivity index (χ2n) is 8.66. The average Bonchev–Trinajstić information content (AvgIpc) is 3.40. The number of aromatic nitrogens is 2. The molecule has 9 nitrogen and oxygen atoms in total. The number of benzene rings is 2. The molecule has 2 heterocycles. The number of primary amides is 1.